The summed E-state index contributed by atoms with van der Waals surface area (Å²) in [6.45, 7) is 6.10. The first-order chi connectivity index (χ1) is 6.68. The fourth-order valence-corrected chi connectivity index (χ4v) is 1.83. The third kappa shape index (κ3) is 4.61. The summed E-state index contributed by atoms with van der Waals surface area (Å²) in [4.78, 5) is 11.3. The molecule has 1 amide bonds. The zero-order chi connectivity index (χ0) is 10.4. The molecule has 0 aromatic rings. The third-order valence-electron chi connectivity index (χ3n) is 2.57. The normalized spacial score (nSPS) is 21.5. The van der Waals surface area contributed by atoms with E-state index in [0.29, 0.717) is 18.4 Å². The maximum absolute atomic E-state index is 11.3. The summed E-state index contributed by atoms with van der Waals surface area (Å²) in [6.07, 6.45) is 4.27. The van der Waals surface area contributed by atoms with E-state index >= 15 is 0 Å². The Morgan fingerprint density at radius 2 is 2.36 bits per heavy atom. The third-order valence-corrected chi connectivity index (χ3v) is 2.57. The summed E-state index contributed by atoms with van der Waals surface area (Å²) in [5.41, 5.74) is 0. The molecular formula is C11H22N2O. The lowest BCUT2D eigenvalue weighted by Gasteiger charge is -2.11. The van der Waals surface area contributed by atoms with Crippen molar-refractivity contribution in [1.29, 1.82) is 0 Å². The SMILES string of the molecule is CC(C)CC(=O)NCCC1CCCN1. The molecule has 0 saturated carbocycles. The van der Waals surface area contributed by atoms with Crippen molar-refractivity contribution in [2.75, 3.05) is 13.1 Å². The molecule has 1 aliphatic heterocycles. The second-order valence-corrected chi connectivity index (χ2v) is 4.53. The van der Waals surface area contributed by atoms with Gasteiger partial charge in [-0.25, -0.2) is 0 Å². The van der Waals surface area contributed by atoms with E-state index in [1.165, 1.54) is 12.8 Å². The van der Waals surface area contributed by atoms with Crippen LogP contribution in [0.5, 0.6) is 0 Å². The minimum absolute atomic E-state index is 0.193. The van der Waals surface area contributed by atoms with Crippen LogP contribution in [0.4, 0.5) is 0 Å². The predicted molar refractivity (Wildman–Crippen MR) is 58.1 cm³/mol. The maximum atomic E-state index is 11.3. The van der Waals surface area contributed by atoms with E-state index < -0.39 is 0 Å². The number of amides is 1. The van der Waals surface area contributed by atoms with E-state index in [-0.39, 0.29) is 5.91 Å². The van der Waals surface area contributed by atoms with Crippen LogP contribution in [0.15, 0.2) is 0 Å². The molecule has 1 aliphatic rings. The second kappa shape index (κ2) is 6.02. The first-order valence-electron chi connectivity index (χ1n) is 5.68. The molecule has 0 radical (unpaired) electrons. The van der Waals surface area contributed by atoms with Crippen LogP contribution in [0, 0.1) is 5.92 Å². The fraction of sp³-hybridized carbons (Fsp3) is 0.909. The molecule has 14 heavy (non-hydrogen) atoms. The maximum Gasteiger partial charge on any atom is 0.220 e. The van der Waals surface area contributed by atoms with Gasteiger partial charge in [-0.05, 0) is 31.7 Å². The van der Waals surface area contributed by atoms with Gasteiger partial charge >= 0.3 is 0 Å². The smallest absolute Gasteiger partial charge is 0.220 e. The molecule has 2 N–H and O–H groups in total. The number of carbonyl (C=O) groups is 1. The molecule has 0 bridgehead atoms. The van der Waals surface area contributed by atoms with E-state index in [9.17, 15) is 4.79 Å². The molecule has 0 spiro atoms. The van der Waals surface area contributed by atoms with Crippen LogP contribution in [0.25, 0.3) is 0 Å². The summed E-state index contributed by atoms with van der Waals surface area (Å²) in [5, 5.41) is 6.38. The quantitative estimate of drug-likeness (QED) is 0.699. The Bertz CT molecular complexity index is 174. The van der Waals surface area contributed by atoms with Crippen molar-refractivity contribution >= 4 is 5.91 Å². The minimum Gasteiger partial charge on any atom is -0.356 e. The number of hydrogen-bond donors (Lipinski definition) is 2. The van der Waals surface area contributed by atoms with Crippen LogP contribution in [-0.2, 0) is 4.79 Å². The van der Waals surface area contributed by atoms with Gasteiger partial charge in [0, 0.05) is 19.0 Å². The molecule has 82 valence electrons. The molecule has 1 atom stereocenters. The summed E-state index contributed by atoms with van der Waals surface area (Å²) in [5.74, 6) is 0.651. The summed E-state index contributed by atoms with van der Waals surface area (Å²) in [6, 6.07) is 0.634. The molecule has 1 saturated heterocycles. The van der Waals surface area contributed by atoms with Crippen LogP contribution >= 0.6 is 0 Å². The fourth-order valence-electron chi connectivity index (χ4n) is 1.83. The highest BCUT2D eigenvalue weighted by Gasteiger charge is 2.13. The minimum atomic E-state index is 0.193. The van der Waals surface area contributed by atoms with E-state index in [1.807, 2.05) is 0 Å². The lowest BCUT2D eigenvalue weighted by Crippen LogP contribution is -2.31. The molecule has 0 aromatic carbocycles. The van der Waals surface area contributed by atoms with Crippen LogP contribution in [0.3, 0.4) is 0 Å². The Morgan fingerprint density at radius 3 is 2.93 bits per heavy atom. The Morgan fingerprint density at radius 1 is 1.57 bits per heavy atom. The molecule has 1 rings (SSSR count). The molecule has 1 heterocycles. The average molecular weight is 198 g/mol. The van der Waals surface area contributed by atoms with Gasteiger partial charge < -0.3 is 10.6 Å². The van der Waals surface area contributed by atoms with E-state index in [0.717, 1.165) is 19.5 Å². The Hall–Kier alpha value is -0.570. The van der Waals surface area contributed by atoms with Gasteiger partial charge in [-0.2, -0.15) is 0 Å². The van der Waals surface area contributed by atoms with Gasteiger partial charge in [-0.15, -0.1) is 0 Å². The van der Waals surface area contributed by atoms with Crippen LogP contribution in [0.2, 0.25) is 0 Å². The Labute approximate surface area is 86.6 Å². The van der Waals surface area contributed by atoms with Crippen molar-refractivity contribution in [2.45, 2.75) is 45.6 Å². The van der Waals surface area contributed by atoms with Crippen molar-refractivity contribution in [2.24, 2.45) is 5.92 Å². The summed E-state index contributed by atoms with van der Waals surface area (Å²) < 4.78 is 0. The van der Waals surface area contributed by atoms with E-state index in [1.54, 1.807) is 0 Å². The first kappa shape index (κ1) is 11.5. The van der Waals surface area contributed by atoms with Crippen molar-refractivity contribution in [1.82, 2.24) is 10.6 Å². The number of nitrogens with one attached hydrogen (secondary N) is 2. The van der Waals surface area contributed by atoms with Gasteiger partial charge in [0.2, 0.25) is 5.91 Å². The van der Waals surface area contributed by atoms with Gasteiger partial charge in [0.1, 0.15) is 0 Å². The lowest BCUT2D eigenvalue weighted by atomic mass is 10.1. The van der Waals surface area contributed by atoms with Gasteiger partial charge in [-0.3, -0.25) is 4.79 Å². The van der Waals surface area contributed by atoms with Crippen LogP contribution < -0.4 is 10.6 Å². The zero-order valence-corrected chi connectivity index (χ0v) is 9.31. The Balaban J connectivity index is 1.99. The summed E-state index contributed by atoms with van der Waals surface area (Å²) in [7, 11) is 0. The number of carbonyl (C=O) groups excluding carboxylic acids is 1. The number of rotatable bonds is 5. The highest BCUT2D eigenvalue weighted by atomic mass is 16.1. The molecule has 0 aromatic heterocycles. The number of hydrogen-bond acceptors (Lipinski definition) is 2. The zero-order valence-electron chi connectivity index (χ0n) is 9.31. The van der Waals surface area contributed by atoms with Crippen LogP contribution in [-0.4, -0.2) is 25.0 Å². The monoisotopic (exact) mass is 198 g/mol. The summed E-state index contributed by atoms with van der Waals surface area (Å²) >= 11 is 0. The van der Waals surface area contributed by atoms with Gasteiger partial charge in [0.25, 0.3) is 0 Å². The molecule has 3 heteroatoms. The topological polar surface area (TPSA) is 41.1 Å². The molecule has 1 fully saturated rings. The molecule has 0 aliphatic carbocycles. The van der Waals surface area contributed by atoms with Crippen LogP contribution in [0.1, 0.15) is 39.5 Å². The largest absolute Gasteiger partial charge is 0.356 e. The Kier molecular flexibility index (Phi) is 4.94. The van der Waals surface area contributed by atoms with Crippen molar-refractivity contribution in [3.05, 3.63) is 0 Å². The molecular weight excluding hydrogens is 176 g/mol. The average Bonchev–Trinajstić information content (AvgIpc) is 2.55. The molecule has 1 unspecified atom stereocenters. The standard InChI is InChI=1S/C11H22N2O/c1-9(2)8-11(14)13-7-5-10-4-3-6-12-10/h9-10,12H,3-8H2,1-2H3,(H,13,14). The second-order valence-electron chi connectivity index (χ2n) is 4.53. The van der Waals surface area contributed by atoms with Gasteiger partial charge in [0.15, 0.2) is 0 Å². The van der Waals surface area contributed by atoms with Gasteiger partial charge in [0.05, 0.1) is 0 Å². The highest BCUT2D eigenvalue weighted by Crippen LogP contribution is 2.07. The predicted octanol–water partition coefficient (Wildman–Crippen LogP) is 1.29. The van der Waals surface area contributed by atoms with E-state index in [4.69, 9.17) is 0 Å². The highest BCUT2D eigenvalue weighted by molar-refractivity contribution is 5.75. The van der Waals surface area contributed by atoms with Crippen molar-refractivity contribution in [3.8, 4) is 0 Å². The lowest BCUT2D eigenvalue weighted by molar-refractivity contribution is -0.121. The first-order valence-corrected chi connectivity index (χ1v) is 5.68. The van der Waals surface area contributed by atoms with E-state index in [2.05, 4.69) is 24.5 Å². The molecule has 3 nitrogen and oxygen atoms in total. The van der Waals surface area contributed by atoms with Crippen molar-refractivity contribution in [3.63, 3.8) is 0 Å². The van der Waals surface area contributed by atoms with Crippen molar-refractivity contribution < 1.29 is 4.79 Å². The van der Waals surface area contributed by atoms with Gasteiger partial charge in [-0.1, -0.05) is 13.8 Å².